The van der Waals surface area contributed by atoms with E-state index in [0.717, 1.165) is 38.3 Å². The Labute approximate surface area is 150 Å². The van der Waals surface area contributed by atoms with Crippen molar-refractivity contribution < 1.29 is 4.74 Å². The Morgan fingerprint density at radius 1 is 1.36 bits per heavy atom. The molecular weight excluding hydrogens is 310 g/mol. The molecular formula is C21H29N3O. The molecule has 4 rings (SSSR count). The van der Waals surface area contributed by atoms with Gasteiger partial charge in [0.1, 0.15) is 5.75 Å². The van der Waals surface area contributed by atoms with Gasteiger partial charge >= 0.3 is 0 Å². The maximum absolute atomic E-state index is 5.63. The molecule has 4 nitrogen and oxygen atoms in total. The van der Waals surface area contributed by atoms with Gasteiger partial charge in [-0.2, -0.15) is 5.10 Å². The van der Waals surface area contributed by atoms with Crippen LogP contribution >= 0.6 is 0 Å². The van der Waals surface area contributed by atoms with Gasteiger partial charge in [-0.25, -0.2) is 0 Å². The van der Waals surface area contributed by atoms with E-state index in [-0.39, 0.29) is 0 Å². The molecule has 134 valence electrons. The Morgan fingerprint density at radius 2 is 2.28 bits per heavy atom. The Balaban J connectivity index is 1.44. The first kappa shape index (κ1) is 16.6. The van der Waals surface area contributed by atoms with E-state index in [0.29, 0.717) is 11.8 Å². The molecule has 2 aliphatic rings. The Kier molecular flexibility index (Phi) is 4.80. The van der Waals surface area contributed by atoms with E-state index in [4.69, 9.17) is 4.74 Å². The Morgan fingerprint density at radius 3 is 3.16 bits per heavy atom. The molecule has 1 N–H and O–H groups in total. The second kappa shape index (κ2) is 7.20. The third-order valence-electron chi connectivity index (χ3n) is 5.45. The summed E-state index contributed by atoms with van der Waals surface area (Å²) >= 11 is 0. The van der Waals surface area contributed by atoms with Crippen molar-refractivity contribution in [1.29, 1.82) is 0 Å². The van der Waals surface area contributed by atoms with Crippen molar-refractivity contribution in [1.82, 2.24) is 15.1 Å². The molecule has 1 saturated heterocycles. The highest BCUT2D eigenvalue weighted by atomic mass is 16.5. The van der Waals surface area contributed by atoms with Gasteiger partial charge in [-0.05, 0) is 54.5 Å². The summed E-state index contributed by atoms with van der Waals surface area (Å²) in [7, 11) is 0. The highest BCUT2D eigenvalue weighted by Crippen LogP contribution is 2.31. The third-order valence-corrected chi connectivity index (χ3v) is 5.45. The summed E-state index contributed by atoms with van der Waals surface area (Å²) in [5.41, 5.74) is 5.58. The number of ether oxygens (including phenoxy) is 1. The summed E-state index contributed by atoms with van der Waals surface area (Å²) in [4.78, 5) is 2.60. The number of rotatable bonds is 5. The van der Waals surface area contributed by atoms with Crippen molar-refractivity contribution in [3.63, 3.8) is 0 Å². The molecule has 0 saturated carbocycles. The molecule has 2 aliphatic heterocycles. The fourth-order valence-electron chi connectivity index (χ4n) is 4.31. The van der Waals surface area contributed by atoms with Crippen LogP contribution in [-0.4, -0.2) is 34.8 Å². The molecule has 2 aromatic rings. The molecule has 0 radical (unpaired) electrons. The van der Waals surface area contributed by atoms with Gasteiger partial charge in [0.25, 0.3) is 0 Å². The Hall–Kier alpha value is -1.81. The van der Waals surface area contributed by atoms with E-state index in [1.807, 2.05) is 6.20 Å². The largest absolute Gasteiger partial charge is 0.493 e. The maximum atomic E-state index is 5.63. The number of benzene rings is 1. The number of likely N-dealkylation sites (tertiary alicyclic amines) is 1. The minimum Gasteiger partial charge on any atom is -0.493 e. The highest BCUT2D eigenvalue weighted by Gasteiger charge is 2.25. The van der Waals surface area contributed by atoms with Crippen LogP contribution in [0.3, 0.4) is 0 Å². The van der Waals surface area contributed by atoms with Crippen LogP contribution in [0.15, 0.2) is 24.4 Å². The lowest BCUT2D eigenvalue weighted by atomic mass is 9.90. The van der Waals surface area contributed by atoms with Crippen LogP contribution in [0.5, 0.6) is 5.75 Å². The van der Waals surface area contributed by atoms with E-state index >= 15 is 0 Å². The summed E-state index contributed by atoms with van der Waals surface area (Å²) in [5, 5.41) is 7.65. The van der Waals surface area contributed by atoms with Crippen molar-refractivity contribution >= 4 is 0 Å². The van der Waals surface area contributed by atoms with Crippen LogP contribution in [0.25, 0.3) is 0 Å². The van der Waals surface area contributed by atoms with Gasteiger partial charge < -0.3 is 4.74 Å². The van der Waals surface area contributed by atoms with Crippen LogP contribution < -0.4 is 4.74 Å². The van der Waals surface area contributed by atoms with E-state index in [1.54, 1.807) is 0 Å². The van der Waals surface area contributed by atoms with Gasteiger partial charge in [-0.15, -0.1) is 0 Å². The van der Waals surface area contributed by atoms with Crippen LogP contribution in [0.4, 0.5) is 0 Å². The summed E-state index contributed by atoms with van der Waals surface area (Å²) < 4.78 is 5.63. The lowest BCUT2D eigenvalue weighted by molar-refractivity contribution is 0.198. The molecule has 0 spiro atoms. The number of hydrogen-bond acceptors (Lipinski definition) is 3. The summed E-state index contributed by atoms with van der Waals surface area (Å²) in [6.07, 6.45) is 6.74. The number of hydrogen-bond donors (Lipinski definition) is 1. The minimum absolute atomic E-state index is 0.586. The van der Waals surface area contributed by atoms with Gasteiger partial charge in [-0.3, -0.25) is 10.00 Å². The summed E-state index contributed by atoms with van der Waals surface area (Å²) in [6, 6.07) is 6.72. The average Bonchev–Trinajstić information content (AvgIpc) is 3.23. The van der Waals surface area contributed by atoms with E-state index in [1.165, 1.54) is 41.8 Å². The number of nitrogens with zero attached hydrogens (tertiary/aromatic N) is 2. The first-order valence-corrected chi connectivity index (χ1v) is 9.68. The molecule has 25 heavy (non-hydrogen) atoms. The molecule has 3 heterocycles. The van der Waals surface area contributed by atoms with Crippen LogP contribution in [-0.2, 0) is 19.4 Å². The fourth-order valence-corrected chi connectivity index (χ4v) is 4.31. The van der Waals surface area contributed by atoms with Crippen LogP contribution in [0, 0.1) is 5.92 Å². The van der Waals surface area contributed by atoms with Gasteiger partial charge in [0.15, 0.2) is 0 Å². The average molecular weight is 339 g/mol. The molecule has 0 bridgehead atoms. The lowest BCUT2D eigenvalue weighted by Gasteiger charge is -2.33. The van der Waals surface area contributed by atoms with Gasteiger partial charge in [0, 0.05) is 31.1 Å². The predicted molar refractivity (Wildman–Crippen MR) is 100 cm³/mol. The van der Waals surface area contributed by atoms with E-state index in [2.05, 4.69) is 47.1 Å². The zero-order chi connectivity index (χ0) is 17.2. The zero-order valence-electron chi connectivity index (χ0n) is 15.4. The van der Waals surface area contributed by atoms with Crippen molar-refractivity contribution in [2.75, 3.05) is 19.7 Å². The number of fused-ring (bicyclic) bond motifs is 1. The first-order valence-electron chi connectivity index (χ1n) is 9.68. The molecule has 1 aromatic heterocycles. The highest BCUT2D eigenvalue weighted by molar-refractivity contribution is 5.39. The molecule has 1 fully saturated rings. The molecule has 4 heteroatoms. The predicted octanol–water partition coefficient (Wildman–Crippen LogP) is 3.92. The number of piperidine rings is 1. The van der Waals surface area contributed by atoms with E-state index in [9.17, 15) is 0 Å². The smallest absolute Gasteiger partial charge is 0.122 e. The summed E-state index contributed by atoms with van der Waals surface area (Å²) in [6.45, 7) is 8.75. The topological polar surface area (TPSA) is 41.2 Å². The number of nitrogens with one attached hydrogen (secondary N) is 1. The normalized spacial score (nSPS) is 20.7. The van der Waals surface area contributed by atoms with Crippen molar-refractivity contribution in [2.45, 2.75) is 52.0 Å². The van der Waals surface area contributed by atoms with Gasteiger partial charge in [0.05, 0.1) is 12.8 Å². The standard InChI is InChI=1S/C21H29N3O/c1-15(2)10-19-12-22-23-21(19)18-4-3-8-24(14-18)13-16-5-6-20-17(11-16)7-9-25-20/h5-6,11-12,15,18H,3-4,7-10,13-14H2,1-2H3,(H,22,23)/t18-/m0/s1. The van der Waals surface area contributed by atoms with Crippen molar-refractivity contribution in [3.8, 4) is 5.75 Å². The maximum Gasteiger partial charge on any atom is 0.122 e. The first-order chi connectivity index (χ1) is 12.2. The fraction of sp³-hybridized carbons (Fsp3) is 0.571. The molecule has 0 aliphatic carbocycles. The van der Waals surface area contributed by atoms with Gasteiger partial charge in [0.2, 0.25) is 0 Å². The Bertz CT molecular complexity index is 722. The second-order valence-electron chi connectivity index (χ2n) is 8.02. The zero-order valence-corrected chi connectivity index (χ0v) is 15.4. The molecule has 0 amide bonds. The van der Waals surface area contributed by atoms with Crippen LogP contribution in [0.1, 0.15) is 55.0 Å². The summed E-state index contributed by atoms with van der Waals surface area (Å²) in [5.74, 6) is 2.34. The lowest BCUT2D eigenvalue weighted by Crippen LogP contribution is -2.34. The molecule has 1 atom stereocenters. The van der Waals surface area contributed by atoms with Crippen LogP contribution in [0.2, 0.25) is 0 Å². The quantitative estimate of drug-likeness (QED) is 0.897. The molecule has 0 unspecified atom stereocenters. The van der Waals surface area contributed by atoms with Crippen molar-refractivity contribution in [3.05, 3.63) is 46.8 Å². The number of aromatic nitrogens is 2. The molecule has 1 aromatic carbocycles. The van der Waals surface area contributed by atoms with Gasteiger partial charge in [-0.1, -0.05) is 26.0 Å². The second-order valence-corrected chi connectivity index (χ2v) is 8.02. The monoisotopic (exact) mass is 339 g/mol. The van der Waals surface area contributed by atoms with E-state index < -0.39 is 0 Å². The third kappa shape index (κ3) is 3.74. The number of H-pyrrole nitrogens is 1. The number of aromatic amines is 1. The SMILES string of the molecule is CC(C)Cc1cn[nH]c1[C@H]1CCCN(Cc2ccc3c(c2)CCO3)C1. The van der Waals surface area contributed by atoms with Crippen molar-refractivity contribution in [2.24, 2.45) is 5.92 Å². The minimum atomic E-state index is 0.586.